The molecule has 1 N–H and O–H groups in total. The van der Waals surface area contributed by atoms with Crippen molar-refractivity contribution in [3.8, 4) is 0 Å². The third kappa shape index (κ3) is 4.07. The Kier molecular flexibility index (Phi) is 5.38. The number of rotatable bonds is 5. The average Bonchev–Trinajstić information content (AvgIpc) is 3.01. The molecule has 1 aliphatic heterocycles. The van der Waals surface area contributed by atoms with Crippen LogP contribution in [0.5, 0.6) is 0 Å². The van der Waals surface area contributed by atoms with Gasteiger partial charge in [-0.2, -0.15) is 0 Å². The molecule has 6 heteroatoms. The lowest BCUT2D eigenvalue weighted by atomic mass is 9.96. The van der Waals surface area contributed by atoms with Gasteiger partial charge in [0, 0.05) is 26.2 Å². The van der Waals surface area contributed by atoms with E-state index in [9.17, 15) is 9.59 Å². The van der Waals surface area contributed by atoms with Crippen LogP contribution in [-0.4, -0.2) is 49.6 Å². The molecule has 0 aromatic carbocycles. The zero-order valence-corrected chi connectivity index (χ0v) is 12.5. The first-order valence-corrected chi connectivity index (χ1v) is 7.24. The number of hydrogen-bond donors (Lipinski definition) is 1. The molecule has 0 bridgehead atoms. The van der Waals surface area contributed by atoms with Crippen molar-refractivity contribution < 1.29 is 18.7 Å². The van der Waals surface area contributed by atoms with Crippen molar-refractivity contribution >= 4 is 11.8 Å². The van der Waals surface area contributed by atoms with E-state index in [0.717, 1.165) is 12.8 Å². The Morgan fingerprint density at radius 2 is 2.38 bits per heavy atom. The molecular formula is C15H22N2O4. The van der Waals surface area contributed by atoms with Crippen molar-refractivity contribution in [2.45, 2.75) is 25.8 Å². The van der Waals surface area contributed by atoms with E-state index in [1.165, 1.54) is 6.26 Å². The third-order valence-corrected chi connectivity index (χ3v) is 3.62. The molecule has 1 aromatic rings. The molecule has 1 fully saturated rings. The monoisotopic (exact) mass is 294 g/mol. The van der Waals surface area contributed by atoms with E-state index in [0.29, 0.717) is 25.5 Å². The molecule has 0 radical (unpaired) electrons. The van der Waals surface area contributed by atoms with Crippen LogP contribution in [0.1, 0.15) is 30.3 Å². The highest BCUT2D eigenvalue weighted by molar-refractivity contribution is 5.92. The zero-order chi connectivity index (χ0) is 15.2. The van der Waals surface area contributed by atoms with Gasteiger partial charge in [-0.3, -0.25) is 9.59 Å². The molecule has 1 saturated heterocycles. The molecule has 2 rings (SSSR count). The zero-order valence-electron chi connectivity index (χ0n) is 12.5. The number of piperidine rings is 1. The first kappa shape index (κ1) is 15.6. The highest BCUT2D eigenvalue weighted by Crippen LogP contribution is 2.19. The molecule has 1 aliphatic rings. The van der Waals surface area contributed by atoms with Crippen LogP contribution in [-0.2, 0) is 9.53 Å². The lowest BCUT2D eigenvalue weighted by Gasteiger charge is -2.32. The number of methoxy groups -OCH3 is 1. The molecule has 21 heavy (non-hydrogen) atoms. The number of furan rings is 1. The van der Waals surface area contributed by atoms with Crippen molar-refractivity contribution in [3.05, 3.63) is 24.2 Å². The van der Waals surface area contributed by atoms with Gasteiger partial charge in [-0.05, 0) is 31.9 Å². The molecule has 116 valence electrons. The maximum atomic E-state index is 12.2. The summed E-state index contributed by atoms with van der Waals surface area (Å²) in [6.07, 6.45) is 3.10. The standard InChI is InChI=1S/C15H22N2O4/c1-11(10-20-2)16-14(18)12-5-3-7-17(9-12)15(19)13-6-4-8-21-13/h4,6,8,11-12H,3,5,7,9-10H2,1-2H3,(H,16,18)/t11-,12-/m1/s1. The Labute approximate surface area is 124 Å². The Balaban J connectivity index is 1.91. The topological polar surface area (TPSA) is 71.8 Å². The van der Waals surface area contributed by atoms with Gasteiger partial charge in [0.2, 0.25) is 5.91 Å². The fourth-order valence-corrected chi connectivity index (χ4v) is 2.58. The quantitative estimate of drug-likeness (QED) is 0.888. The first-order chi connectivity index (χ1) is 10.1. The van der Waals surface area contributed by atoms with E-state index in [2.05, 4.69) is 5.32 Å². The minimum absolute atomic E-state index is 0.0171. The number of carbonyl (C=O) groups is 2. The Morgan fingerprint density at radius 3 is 3.05 bits per heavy atom. The molecule has 0 unspecified atom stereocenters. The van der Waals surface area contributed by atoms with Gasteiger partial charge in [0.1, 0.15) is 0 Å². The van der Waals surface area contributed by atoms with Crippen LogP contribution in [0.2, 0.25) is 0 Å². The lowest BCUT2D eigenvalue weighted by molar-refractivity contribution is -0.127. The number of ether oxygens (including phenoxy) is 1. The molecule has 6 nitrogen and oxygen atoms in total. The summed E-state index contributed by atoms with van der Waals surface area (Å²) in [5.41, 5.74) is 0. The Morgan fingerprint density at radius 1 is 1.57 bits per heavy atom. The van der Waals surface area contributed by atoms with Gasteiger partial charge >= 0.3 is 0 Å². The normalized spacial score (nSPS) is 20.1. The second-order valence-electron chi connectivity index (χ2n) is 5.43. The largest absolute Gasteiger partial charge is 0.459 e. The number of hydrogen-bond acceptors (Lipinski definition) is 4. The molecule has 2 atom stereocenters. The summed E-state index contributed by atoms with van der Waals surface area (Å²) in [7, 11) is 1.60. The van der Waals surface area contributed by atoms with Crippen LogP contribution in [0.15, 0.2) is 22.8 Å². The number of nitrogens with one attached hydrogen (secondary N) is 1. The van der Waals surface area contributed by atoms with Gasteiger partial charge in [0.05, 0.1) is 18.8 Å². The fraction of sp³-hybridized carbons (Fsp3) is 0.600. The van der Waals surface area contributed by atoms with E-state index in [1.54, 1.807) is 24.1 Å². The summed E-state index contributed by atoms with van der Waals surface area (Å²) in [5, 5.41) is 2.92. The smallest absolute Gasteiger partial charge is 0.289 e. The second kappa shape index (κ2) is 7.26. The number of likely N-dealkylation sites (tertiary alicyclic amines) is 1. The first-order valence-electron chi connectivity index (χ1n) is 7.24. The van der Waals surface area contributed by atoms with Crippen molar-refractivity contribution in [2.75, 3.05) is 26.8 Å². The molecule has 0 saturated carbocycles. The van der Waals surface area contributed by atoms with Gasteiger partial charge in [-0.1, -0.05) is 0 Å². The molecule has 2 heterocycles. The third-order valence-electron chi connectivity index (χ3n) is 3.62. The maximum absolute atomic E-state index is 12.2. The van der Waals surface area contributed by atoms with Gasteiger partial charge < -0.3 is 19.4 Å². The van der Waals surface area contributed by atoms with Crippen LogP contribution < -0.4 is 5.32 Å². The van der Waals surface area contributed by atoms with Gasteiger partial charge in [-0.15, -0.1) is 0 Å². The average molecular weight is 294 g/mol. The molecule has 2 amide bonds. The molecular weight excluding hydrogens is 272 g/mol. The number of carbonyl (C=O) groups excluding carboxylic acids is 2. The predicted octanol–water partition coefficient (Wildman–Crippen LogP) is 1.28. The van der Waals surface area contributed by atoms with Crippen molar-refractivity contribution in [2.24, 2.45) is 5.92 Å². The fourth-order valence-electron chi connectivity index (χ4n) is 2.58. The SMILES string of the molecule is COC[C@@H](C)NC(=O)[C@@H]1CCCN(C(=O)c2ccco2)C1. The van der Waals surface area contributed by atoms with E-state index in [1.807, 2.05) is 6.92 Å². The summed E-state index contributed by atoms with van der Waals surface area (Å²) in [5.74, 6) is -0.0142. The van der Waals surface area contributed by atoms with Crippen LogP contribution in [0.4, 0.5) is 0 Å². The van der Waals surface area contributed by atoms with E-state index in [4.69, 9.17) is 9.15 Å². The maximum Gasteiger partial charge on any atom is 0.289 e. The molecule has 1 aromatic heterocycles. The lowest BCUT2D eigenvalue weighted by Crippen LogP contribution is -2.47. The van der Waals surface area contributed by atoms with Gasteiger partial charge in [0.25, 0.3) is 5.91 Å². The number of nitrogens with zero attached hydrogens (tertiary/aromatic N) is 1. The van der Waals surface area contributed by atoms with E-state index in [-0.39, 0.29) is 23.8 Å². The van der Waals surface area contributed by atoms with Crippen molar-refractivity contribution in [1.82, 2.24) is 10.2 Å². The summed E-state index contributed by atoms with van der Waals surface area (Å²) >= 11 is 0. The summed E-state index contributed by atoms with van der Waals surface area (Å²) < 4.78 is 10.1. The van der Waals surface area contributed by atoms with Gasteiger partial charge in [0.15, 0.2) is 5.76 Å². The predicted molar refractivity (Wildman–Crippen MR) is 76.8 cm³/mol. The highest BCUT2D eigenvalue weighted by atomic mass is 16.5. The van der Waals surface area contributed by atoms with Crippen LogP contribution in [0.25, 0.3) is 0 Å². The van der Waals surface area contributed by atoms with Crippen LogP contribution in [0, 0.1) is 5.92 Å². The summed E-state index contributed by atoms with van der Waals surface area (Å²) in [6.45, 7) is 3.48. The minimum atomic E-state index is -0.169. The Bertz CT molecular complexity index is 472. The molecule has 0 aliphatic carbocycles. The summed E-state index contributed by atoms with van der Waals surface area (Å²) in [6, 6.07) is 3.30. The summed E-state index contributed by atoms with van der Waals surface area (Å²) in [4.78, 5) is 26.1. The van der Waals surface area contributed by atoms with E-state index >= 15 is 0 Å². The van der Waals surface area contributed by atoms with Crippen LogP contribution >= 0.6 is 0 Å². The Hall–Kier alpha value is -1.82. The van der Waals surface area contributed by atoms with Crippen molar-refractivity contribution in [1.29, 1.82) is 0 Å². The van der Waals surface area contributed by atoms with E-state index < -0.39 is 0 Å². The van der Waals surface area contributed by atoms with Crippen molar-refractivity contribution in [3.63, 3.8) is 0 Å². The van der Waals surface area contributed by atoms with Crippen LogP contribution in [0.3, 0.4) is 0 Å². The minimum Gasteiger partial charge on any atom is -0.459 e. The highest BCUT2D eigenvalue weighted by Gasteiger charge is 2.30. The molecule has 0 spiro atoms. The number of amides is 2. The second-order valence-corrected chi connectivity index (χ2v) is 5.43. The van der Waals surface area contributed by atoms with Gasteiger partial charge in [-0.25, -0.2) is 0 Å².